The van der Waals surface area contributed by atoms with E-state index in [2.05, 4.69) is 10.0 Å². The lowest BCUT2D eigenvalue weighted by Crippen LogP contribution is -2.40. The summed E-state index contributed by atoms with van der Waals surface area (Å²) in [5, 5.41) is 3.67. The fourth-order valence-electron chi connectivity index (χ4n) is 3.11. The highest BCUT2D eigenvalue weighted by Gasteiger charge is 2.61. The van der Waals surface area contributed by atoms with Crippen LogP contribution in [0.15, 0.2) is 29.4 Å². The second kappa shape index (κ2) is 6.71. The Morgan fingerprint density at radius 1 is 1.41 bits per heavy atom. The molecule has 2 atom stereocenters. The van der Waals surface area contributed by atoms with Gasteiger partial charge < -0.3 is 9.64 Å². The molecule has 6 nitrogen and oxygen atoms in total. The first-order valence-electron chi connectivity index (χ1n) is 7.58. The van der Waals surface area contributed by atoms with Crippen molar-refractivity contribution in [1.29, 1.82) is 0 Å². The molecule has 1 aromatic rings. The fourth-order valence-corrected chi connectivity index (χ4v) is 3.11. The van der Waals surface area contributed by atoms with Crippen LogP contribution in [0.3, 0.4) is 0 Å². The molecule has 0 N–H and O–H groups in total. The molecule has 1 aromatic carbocycles. The van der Waals surface area contributed by atoms with Crippen LogP contribution in [0.4, 0.5) is 0 Å². The first-order valence-corrected chi connectivity index (χ1v) is 7.58. The van der Waals surface area contributed by atoms with Crippen LogP contribution in [-0.2, 0) is 10.2 Å². The minimum atomic E-state index is -0.549. The predicted molar refractivity (Wildman–Crippen MR) is 84.7 cm³/mol. The molecule has 2 unspecified atom stereocenters. The van der Waals surface area contributed by atoms with E-state index in [-0.39, 0.29) is 11.8 Å². The van der Waals surface area contributed by atoms with Gasteiger partial charge in [0.05, 0.1) is 12.5 Å². The van der Waals surface area contributed by atoms with Crippen LogP contribution in [0.25, 0.3) is 10.4 Å². The van der Waals surface area contributed by atoms with Crippen LogP contribution in [0.1, 0.15) is 25.8 Å². The first-order chi connectivity index (χ1) is 10.6. The standard InChI is InChI=1S/C16H22N4O2/c1-4-20(5-2)15(21)16(10-13(16)11-18-19-17)12-6-8-14(22-3)9-7-12/h6-9,13H,4-5,10-11H2,1-3H3. The van der Waals surface area contributed by atoms with Crippen molar-refractivity contribution in [1.82, 2.24) is 4.90 Å². The third kappa shape index (κ3) is 2.74. The molecule has 0 aromatic heterocycles. The van der Waals surface area contributed by atoms with Crippen molar-refractivity contribution >= 4 is 5.91 Å². The lowest BCUT2D eigenvalue weighted by molar-refractivity contribution is -0.134. The summed E-state index contributed by atoms with van der Waals surface area (Å²) in [5.41, 5.74) is 8.96. The molecule has 0 heterocycles. The van der Waals surface area contributed by atoms with Crippen molar-refractivity contribution in [2.75, 3.05) is 26.7 Å². The largest absolute Gasteiger partial charge is 0.497 e. The Labute approximate surface area is 130 Å². The number of rotatable bonds is 7. The van der Waals surface area contributed by atoms with E-state index in [0.717, 1.165) is 17.7 Å². The van der Waals surface area contributed by atoms with E-state index < -0.39 is 5.41 Å². The van der Waals surface area contributed by atoms with Gasteiger partial charge in [-0.25, -0.2) is 0 Å². The van der Waals surface area contributed by atoms with Gasteiger partial charge in [0.1, 0.15) is 5.75 Å². The zero-order valence-corrected chi connectivity index (χ0v) is 13.3. The number of hydrogen-bond donors (Lipinski definition) is 0. The molecule has 118 valence electrons. The number of methoxy groups -OCH3 is 1. The molecule has 1 aliphatic rings. The molecule has 2 rings (SSSR count). The first kappa shape index (κ1) is 16.2. The summed E-state index contributed by atoms with van der Waals surface area (Å²) in [7, 11) is 1.62. The van der Waals surface area contributed by atoms with Crippen LogP contribution in [-0.4, -0.2) is 37.6 Å². The molecule has 22 heavy (non-hydrogen) atoms. The minimum absolute atomic E-state index is 0.0740. The van der Waals surface area contributed by atoms with Gasteiger partial charge in [0.15, 0.2) is 0 Å². The molecule has 0 saturated heterocycles. The molecule has 0 spiro atoms. The molecule has 1 saturated carbocycles. The molecule has 0 radical (unpaired) electrons. The molecule has 6 heteroatoms. The Morgan fingerprint density at radius 2 is 2.05 bits per heavy atom. The number of benzene rings is 1. The maximum Gasteiger partial charge on any atom is 0.233 e. The van der Waals surface area contributed by atoms with Crippen LogP contribution >= 0.6 is 0 Å². The van der Waals surface area contributed by atoms with E-state index >= 15 is 0 Å². The van der Waals surface area contributed by atoms with E-state index in [1.165, 1.54) is 0 Å². The molecule has 1 aliphatic carbocycles. The van der Waals surface area contributed by atoms with Gasteiger partial charge in [0.2, 0.25) is 5.91 Å². The fraction of sp³-hybridized carbons (Fsp3) is 0.562. The summed E-state index contributed by atoms with van der Waals surface area (Å²) < 4.78 is 5.18. The molecule has 0 bridgehead atoms. The van der Waals surface area contributed by atoms with Crippen molar-refractivity contribution in [3.8, 4) is 5.75 Å². The number of carbonyl (C=O) groups is 1. The molecule has 1 fully saturated rings. The van der Waals surface area contributed by atoms with Gasteiger partial charge >= 0.3 is 0 Å². The van der Waals surface area contributed by atoms with Crippen molar-refractivity contribution in [2.24, 2.45) is 11.0 Å². The SMILES string of the molecule is CCN(CC)C(=O)C1(c2ccc(OC)cc2)CC1CN=[N+]=[N-]. The van der Waals surface area contributed by atoms with Gasteiger partial charge in [0.25, 0.3) is 0 Å². The van der Waals surface area contributed by atoms with Gasteiger partial charge in [-0.15, -0.1) is 0 Å². The number of ether oxygens (including phenoxy) is 1. The van der Waals surface area contributed by atoms with E-state index in [1.807, 2.05) is 43.0 Å². The lowest BCUT2D eigenvalue weighted by atomic mass is 9.91. The van der Waals surface area contributed by atoms with E-state index in [9.17, 15) is 4.79 Å². The third-order valence-corrected chi connectivity index (χ3v) is 4.51. The number of carbonyl (C=O) groups excluding carboxylic acids is 1. The summed E-state index contributed by atoms with van der Waals surface area (Å²) in [5.74, 6) is 0.965. The van der Waals surface area contributed by atoms with Crippen LogP contribution in [0.2, 0.25) is 0 Å². The maximum absolute atomic E-state index is 13.0. The Balaban J connectivity index is 2.34. The maximum atomic E-state index is 13.0. The average Bonchev–Trinajstić information content (AvgIpc) is 3.29. The molecule has 1 amide bonds. The summed E-state index contributed by atoms with van der Waals surface area (Å²) in [6.45, 7) is 5.68. The summed E-state index contributed by atoms with van der Waals surface area (Å²) in [6.07, 6.45) is 0.730. The van der Waals surface area contributed by atoms with Crippen molar-refractivity contribution in [3.05, 3.63) is 40.3 Å². The van der Waals surface area contributed by atoms with Crippen LogP contribution in [0.5, 0.6) is 5.75 Å². The van der Waals surface area contributed by atoms with E-state index in [0.29, 0.717) is 19.6 Å². The topological polar surface area (TPSA) is 78.3 Å². The number of azide groups is 1. The molecule has 0 aliphatic heterocycles. The second-order valence-electron chi connectivity index (χ2n) is 5.49. The van der Waals surface area contributed by atoms with E-state index in [4.69, 9.17) is 10.3 Å². The normalized spacial score (nSPS) is 22.6. The molecular weight excluding hydrogens is 280 g/mol. The van der Waals surface area contributed by atoms with Gasteiger partial charge in [-0.05, 0) is 49.4 Å². The monoisotopic (exact) mass is 302 g/mol. The summed E-state index contributed by atoms with van der Waals surface area (Å²) >= 11 is 0. The highest BCUT2D eigenvalue weighted by molar-refractivity contribution is 5.92. The Kier molecular flexibility index (Phi) is 4.93. The molecular formula is C16H22N4O2. The Hall–Kier alpha value is -2.20. The van der Waals surface area contributed by atoms with E-state index in [1.54, 1.807) is 7.11 Å². The zero-order chi connectivity index (χ0) is 16.2. The number of nitrogens with zero attached hydrogens (tertiary/aromatic N) is 4. The van der Waals surface area contributed by atoms with Crippen molar-refractivity contribution in [3.63, 3.8) is 0 Å². The number of amides is 1. The van der Waals surface area contributed by atoms with Gasteiger partial charge in [-0.2, -0.15) is 0 Å². The average molecular weight is 302 g/mol. The van der Waals surface area contributed by atoms with Crippen LogP contribution < -0.4 is 4.74 Å². The number of hydrogen-bond acceptors (Lipinski definition) is 3. The smallest absolute Gasteiger partial charge is 0.233 e. The Morgan fingerprint density at radius 3 is 2.55 bits per heavy atom. The van der Waals surface area contributed by atoms with Crippen molar-refractivity contribution < 1.29 is 9.53 Å². The van der Waals surface area contributed by atoms with Crippen LogP contribution in [0, 0.1) is 5.92 Å². The Bertz CT molecular complexity index is 576. The third-order valence-electron chi connectivity index (χ3n) is 4.51. The van der Waals surface area contributed by atoms with Gasteiger partial charge in [-0.1, -0.05) is 17.2 Å². The highest BCUT2D eigenvalue weighted by atomic mass is 16.5. The zero-order valence-electron chi connectivity index (χ0n) is 13.3. The van der Waals surface area contributed by atoms with Crippen molar-refractivity contribution in [2.45, 2.75) is 25.7 Å². The predicted octanol–water partition coefficient (Wildman–Crippen LogP) is 3.13. The highest BCUT2D eigenvalue weighted by Crippen LogP contribution is 2.55. The lowest BCUT2D eigenvalue weighted by Gasteiger charge is -2.26. The van der Waals surface area contributed by atoms with Gasteiger partial charge in [-0.3, -0.25) is 4.79 Å². The summed E-state index contributed by atoms with van der Waals surface area (Å²) in [4.78, 5) is 17.7. The quantitative estimate of drug-likeness (QED) is 0.440. The number of likely N-dealkylation sites (N-methyl/N-ethyl adjacent to an activating group) is 1. The summed E-state index contributed by atoms with van der Waals surface area (Å²) in [6, 6.07) is 7.62. The van der Waals surface area contributed by atoms with Gasteiger partial charge in [0, 0.05) is 24.5 Å². The minimum Gasteiger partial charge on any atom is -0.497 e. The second-order valence-corrected chi connectivity index (χ2v) is 5.49.